The number of amides is 2. The zero-order chi connectivity index (χ0) is 24.4. The molecule has 1 atom stereocenters. The van der Waals surface area contributed by atoms with Crippen molar-refractivity contribution in [2.45, 2.75) is 25.6 Å². The van der Waals surface area contributed by atoms with Crippen LogP contribution in [0.5, 0.6) is 0 Å². The second-order valence-electron chi connectivity index (χ2n) is 8.65. The van der Waals surface area contributed by atoms with Gasteiger partial charge in [0.25, 0.3) is 0 Å². The second kappa shape index (κ2) is 9.70. The standard InChI is InChI=1S/C23H29ClN4O4S/c1-23(22(30)25-13-17-5-9-19(24)10-6-17)16-27(33(4,31)32)15-21(29)28(23)14-18-7-11-20(12-8-18)26(2)3/h5-12H,13-16H2,1-4H3,(H,25,30)/t23-/m1/s1. The van der Waals surface area contributed by atoms with Crippen LogP contribution in [0.1, 0.15) is 18.1 Å². The van der Waals surface area contributed by atoms with E-state index < -0.39 is 27.4 Å². The average molecular weight is 493 g/mol. The minimum absolute atomic E-state index is 0.125. The van der Waals surface area contributed by atoms with Crippen LogP contribution in [-0.2, 0) is 32.7 Å². The number of rotatable bonds is 7. The molecule has 2 aromatic rings. The Morgan fingerprint density at radius 2 is 1.67 bits per heavy atom. The highest BCUT2D eigenvalue weighted by molar-refractivity contribution is 7.88. The second-order valence-corrected chi connectivity index (χ2v) is 11.1. The zero-order valence-electron chi connectivity index (χ0n) is 19.2. The molecular formula is C23H29ClN4O4S. The molecule has 0 spiro atoms. The molecular weight excluding hydrogens is 464 g/mol. The van der Waals surface area contributed by atoms with E-state index in [4.69, 9.17) is 11.6 Å². The van der Waals surface area contributed by atoms with Gasteiger partial charge in [0, 0.05) is 44.4 Å². The molecule has 2 amide bonds. The fourth-order valence-electron chi connectivity index (χ4n) is 3.74. The summed E-state index contributed by atoms with van der Waals surface area (Å²) in [6.07, 6.45) is 1.04. The molecule has 1 N–H and O–H groups in total. The Morgan fingerprint density at radius 3 is 2.21 bits per heavy atom. The summed E-state index contributed by atoms with van der Waals surface area (Å²) in [6.45, 7) is 1.60. The Bertz CT molecular complexity index is 1120. The SMILES string of the molecule is CN(C)c1ccc(CN2C(=O)CN(S(C)(=O)=O)C[C@]2(C)C(=O)NCc2ccc(Cl)cc2)cc1. The van der Waals surface area contributed by atoms with Gasteiger partial charge in [0.05, 0.1) is 12.8 Å². The van der Waals surface area contributed by atoms with Gasteiger partial charge < -0.3 is 15.1 Å². The number of nitrogens with one attached hydrogen (secondary N) is 1. The molecule has 3 rings (SSSR count). The Labute approximate surface area is 200 Å². The highest BCUT2D eigenvalue weighted by atomic mass is 35.5. The van der Waals surface area contributed by atoms with Gasteiger partial charge in [0.2, 0.25) is 21.8 Å². The highest BCUT2D eigenvalue weighted by Crippen LogP contribution is 2.27. The molecule has 2 aromatic carbocycles. The van der Waals surface area contributed by atoms with E-state index >= 15 is 0 Å². The first kappa shape index (κ1) is 25.0. The van der Waals surface area contributed by atoms with Gasteiger partial charge in [-0.1, -0.05) is 35.9 Å². The van der Waals surface area contributed by atoms with Crippen LogP contribution in [0.25, 0.3) is 0 Å². The maximum atomic E-state index is 13.4. The van der Waals surface area contributed by atoms with E-state index in [2.05, 4.69) is 5.32 Å². The Hall–Kier alpha value is -2.62. The van der Waals surface area contributed by atoms with Gasteiger partial charge in [0.15, 0.2) is 0 Å². The van der Waals surface area contributed by atoms with Crippen molar-refractivity contribution in [3.63, 3.8) is 0 Å². The third kappa shape index (κ3) is 5.85. The third-order valence-electron chi connectivity index (χ3n) is 5.81. The molecule has 0 saturated carbocycles. The van der Waals surface area contributed by atoms with E-state index in [0.29, 0.717) is 5.02 Å². The summed E-state index contributed by atoms with van der Waals surface area (Å²) in [5, 5.41) is 3.45. The molecule has 0 aliphatic carbocycles. The van der Waals surface area contributed by atoms with Crippen LogP contribution in [-0.4, -0.2) is 68.4 Å². The van der Waals surface area contributed by atoms with E-state index in [1.54, 1.807) is 31.2 Å². The molecule has 1 heterocycles. The monoisotopic (exact) mass is 492 g/mol. The van der Waals surface area contributed by atoms with Crippen molar-refractivity contribution in [3.05, 3.63) is 64.7 Å². The van der Waals surface area contributed by atoms with Gasteiger partial charge >= 0.3 is 0 Å². The van der Waals surface area contributed by atoms with E-state index in [0.717, 1.165) is 27.4 Å². The summed E-state index contributed by atoms with van der Waals surface area (Å²) in [7, 11) is 0.210. The molecule has 1 saturated heterocycles. The zero-order valence-corrected chi connectivity index (χ0v) is 20.8. The first-order valence-corrected chi connectivity index (χ1v) is 12.7. The number of benzene rings is 2. The predicted octanol–water partition coefficient (Wildman–Crippen LogP) is 2.08. The van der Waals surface area contributed by atoms with Gasteiger partial charge in [0.1, 0.15) is 5.54 Å². The molecule has 10 heteroatoms. The lowest BCUT2D eigenvalue weighted by atomic mass is 9.94. The Morgan fingerprint density at radius 1 is 1.09 bits per heavy atom. The predicted molar refractivity (Wildman–Crippen MR) is 129 cm³/mol. The molecule has 0 unspecified atom stereocenters. The summed E-state index contributed by atoms with van der Waals surface area (Å²) in [4.78, 5) is 29.9. The van der Waals surface area contributed by atoms with Crippen LogP contribution >= 0.6 is 11.6 Å². The van der Waals surface area contributed by atoms with Crippen molar-refractivity contribution in [2.24, 2.45) is 0 Å². The van der Waals surface area contributed by atoms with Gasteiger partial charge in [-0.3, -0.25) is 9.59 Å². The molecule has 0 radical (unpaired) electrons. The number of nitrogens with zero attached hydrogens (tertiary/aromatic N) is 3. The summed E-state index contributed by atoms with van der Waals surface area (Å²) < 4.78 is 25.5. The number of anilines is 1. The number of sulfonamides is 1. The van der Waals surface area contributed by atoms with Crippen LogP contribution in [0, 0.1) is 0 Å². The van der Waals surface area contributed by atoms with E-state index in [-0.39, 0.29) is 26.2 Å². The van der Waals surface area contributed by atoms with Gasteiger partial charge in [-0.15, -0.1) is 0 Å². The fraction of sp³-hybridized carbons (Fsp3) is 0.391. The Balaban J connectivity index is 1.87. The lowest BCUT2D eigenvalue weighted by Gasteiger charge is -2.46. The third-order valence-corrected chi connectivity index (χ3v) is 7.26. The van der Waals surface area contributed by atoms with Gasteiger partial charge in [-0.05, 0) is 42.3 Å². The smallest absolute Gasteiger partial charge is 0.247 e. The molecule has 1 fully saturated rings. The van der Waals surface area contributed by atoms with Crippen LogP contribution in [0.4, 0.5) is 5.69 Å². The van der Waals surface area contributed by atoms with Crippen molar-refractivity contribution >= 4 is 39.1 Å². The van der Waals surface area contributed by atoms with Crippen LogP contribution in [0.15, 0.2) is 48.5 Å². The fourth-order valence-corrected chi connectivity index (χ4v) is 4.70. The van der Waals surface area contributed by atoms with Crippen molar-refractivity contribution in [1.29, 1.82) is 0 Å². The number of carbonyl (C=O) groups is 2. The van der Waals surface area contributed by atoms with Crippen LogP contribution in [0.2, 0.25) is 5.02 Å². The molecule has 8 nitrogen and oxygen atoms in total. The average Bonchev–Trinajstić information content (AvgIpc) is 2.75. The Kier molecular flexibility index (Phi) is 7.36. The molecule has 0 bridgehead atoms. The summed E-state index contributed by atoms with van der Waals surface area (Å²) in [5.41, 5.74) is 1.31. The normalized spacial score (nSPS) is 19.4. The number of piperazine rings is 1. The topological polar surface area (TPSA) is 90.0 Å². The summed E-state index contributed by atoms with van der Waals surface area (Å²) >= 11 is 5.92. The molecule has 178 valence electrons. The first-order chi connectivity index (χ1) is 15.4. The lowest BCUT2D eigenvalue weighted by Crippen LogP contribution is -2.69. The van der Waals surface area contributed by atoms with Gasteiger partial charge in [-0.25, -0.2) is 8.42 Å². The quantitative estimate of drug-likeness (QED) is 0.639. The van der Waals surface area contributed by atoms with Gasteiger partial charge in [-0.2, -0.15) is 4.31 Å². The van der Waals surface area contributed by atoms with Crippen molar-refractivity contribution < 1.29 is 18.0 Å². The maximum Gasteiger partial charge on any atom is 0.247 e. The summed E-state index contributed by atoms with van der Waals surface area (Å²) in [6, 6.07) is 14.7. The van der Waals surface area contributed by atoms with Crippen molar-refractivity contribution in [2.75, 3.05) is 38.3 Å². The number of hydrogen-bond acceptors (Lipinski definition) is 5. The lowest BCUT2D eigenvalue weighted by molar-refractivity contribution is -0.153. The largest absolute Gasteiger partial charge is 0.378 e. The van der Waals surface area contributed by atoms with E-state index in [9.17, 15) is 18.0 Å². The summed E-state index contributed by atoms with van der Waals surface area (Å²) in [5.74, 6) is -0.850. The van der Waals surface area contributed by atoms with E-state index in [1.807, 2.05) is 43.3 Å². The minimum atomic E-state index is -3.66. The molecule has 0 aromatic heterocycles. The highest BCUT2D eigenvalue weighted by Gasteiger charge is 2.49. The number of carbonyl (C=O) groups excluding carboxylic acids is 2. The maximum absolute atomic E-state index is 13.4. The van der Waals surface area contributed by atoms with Crippen molar-refractivity contribution in [3.8, 4) is 0 Å². The van der Waals surface area contributed by atoms with Crippen LogP contribution < -0.4 is 10.2 Å². The number of hydrogen-bond donors (Lipinski definition) is 1. The van der Waals surface area contributed by atoms with Crippen molar-refractivity contribution in [1.82, 2.24) is 14.5 Å². The number of halogens is 1. The van der Waals surface area contributed by atoms with Crippen LogP contribution in [0.3, 0.4) is 0 Å². The van der Waals surface area contributed by atoms with E-state index in [1.165, 1.54) is 4.90 Å². The first-order valence-electron chi connectivity index (χ1n) is 10.4. The molecule has 1 aliphatic rings. The minimum Gasteiger partial charge on any atom is -0.378 e. The molecule has 1 aliphatic heterocycles. The molecule has 33 heavy (non-hydrogen) atoms.